The normalized spacial score (nSPS) is 15.4. The lowest BCUT2D eigenvalue weighted by Gasteiger charge is -2.29. The molecule has 0 aliphatic carbocycles. The van der Waals surface area contributed by atoms with Gasteiger partial charge in [-0.05, 0) is 129 Å². The van der Waals surface area contributed by atoms with E-state index in [2.05, 4.69) is 81.9 Å². The molecule has 131 heavy (non-hydrogen) atoms. The van der Waals surface area contributed by atoms with Gasteiger partial charge in [0.05, 0.1) is 191 Å². The molecule has 15 aromatic rings. The molecule has 0 atom stereocenters. The predicted octanol–water partition coefficient (Wildman–Crippen LogP) is 10.8. The Balaban J connectivity index is 0.000000138. The first-order valence-electron chi connectivity index (χ1n) is 42.7. The molecule has 4 aliphatic heterocycles. The molecular formula is C92H96N28O8S3. The summed E-state index contributed by atoms with van der Waals surface area (Å²) < 4.78 is 79.9. The third kappa shape index (κ3) is 20.5. The molecule has 0 unspecified atom stereocenters. The monoisotopic (exact) mass is 1820 g/mol. The number of nitrogens with zero attached hydrogens (tertiary/aromatic N) is 27. The number of benzene rings is 3. The zero-order chi connectivity index (χ0) is 90.8. The van der Waals surface area contributed by atoms with E-state index in [9.17, 15) is 38.6 Å². The average Bonchev–Trinajstić information content (AvgIpc) is 1.63. The van der Waals surface area contributed by atoms with Crippen molar-refractivity contribution in [3.8, 4) is 103 Å². The van der Waals surface area contributed by atoms with Crippen LogP contribution in [0, 0.1) is 34.0 Å². The molecule has 39 heteroatoms. The van der Waals surface area contributed by atoms with Gasteiger partial charge in [-0.3, -0.25) is 14.0 Å². The van der Waals surface area contributed by atoms with Crippen LogP contribution in [0.25, 0.3) is 84.1 Å². The van der Waals surface area contributed by atoms with E-state index in [4.69, 9.17) is 44.1 Å². The molecule has 16 heterocycles. The van der Waals surface area contributed by atoms with E-state index in [0.717, 1.165) is 116 Å². The zero-order valence-corrected chi connectivity index (χ0v) is 75.3. The van der Waals surface area contributed by atoms with Gasteiger partial charge in [0.2, 0.25) is 0 Å². The van der Waals surface area contributed by atoms with Crippen LogP contribution in [0.5, 0.6) is 17.2 Å². The number of nitrogens with one attached hydrogen (secondary N) is 1. The third-order valence-corrected chi connectivity index (χ3v) is 29.9. The molecule has 4 aliphatic rings. The maximum atomic E-state index is 13.4. The van der Waals surface area contributed by atoms with Crippen molar-refractivity contribution >= 4 is 63.2 Å². The van der Waals surface area contributed by atoms with E-state index < -0.39 is 34.8 Å². The molecule has 670 valence electrons. The number of anilines is 3. The first-order valence-corrected chi connectivity index (χ1v) is 48.3. The van der Waals surface area contributed by atoms with E-state index in [0.29, 0.717) is 174 Å². The lowest BCUT2D eigenvalue weighted by Crippen LogP contribution is -2.40. The number of aliphatic hydroxyl groups is 2. The van der Waals surface area contributed by atoms with Gasteiger partial charge in [-0.15, -0.1) is 0 Å². The summed E-state index contributed by atoms with van der Waals surface area (Å²) in [6.07, 6.45) is 28.2. The van der Waals surface area contributed by atoms with Crippen molar-refractivity contribution in [2.45, 2.75) is 71.1 Å². The van der Waals surface area contributed by atoms with Crippen molar-refractivity contribution in [2.24, 2.45) is 13.1 Å². The van der Waals surface area contributed by atoms with Gasteiger partial charge in [0.25, 0.3) is 0 Å². The fraction of sp³-hybridized carbons (Fsp3) is 0.315. The van der Waals surface area contributed by atoms with E-state index in [1.165, 1.54) is 12.4 Å². The second-order valence-electron chi connectivity index (χ2n) is 32.6. The summed E-state index contributed by atoms with van der Waals surface area (Å²) in [5.41, 5.74) is 13.6. The van der Waals surface area contributed by atoms with Gasteiger partial charge >= 0.3 is 0 Å². The third-order valence-electron chi connectivity index (χ3n) is 23.2. The molecule has 0 radical (unpaired) electrons. The van der Waals surface area contributed by atoms with Gasteiger partial charge in [-0.2, -0.15) is 46.4 Å². The van der Waals surface area contributed by atoms with E-state index in [1.54, 1.807) is 108 Å². The Hall–Kier alpha value is -14.4. The standard InChI is InChI=1S/C32H34N10O2S.C31H33N9O3S.C29H29N9O3S/c1-44-28-5-2-23(3-6-28)17-38-45(43)14-12-40(13-15-45)30-7-4-24(18-35-30)31-32-25(16-33)19-37-42(32)22-29(39-31)26-20-36-41(21-26)27-8-10-34-11-9-27;1-31(2,41)21-39-19-25(18-34-39)27-20-40-30(24(14-32)17-35-40)29(37-27)23-6-9-28(33-16-23)38-10-12-44(42,13-11-38)36-15-22-4-7-26(43-3)8-5-22;1-41-25-5-2-21(3-6-25)15-34-42(40)12-9-36(10-13-42)27-7-4-22(16-31-27)28-29-23(14-30)17-33-38(29)20-26(35-28)24-18-32-37(19-24)8-11-39/h2-7,18-22,27,34H,8-15,17H2,1H3;4-9,16-20,41H,10-13,15,21H2,1-3H3;2-7,16-20,39H,8-13,15H2,1H3. The minimum Gasteiger partial charge on any atom is -0.497 e. The van der Waals surface area contributed by atoms with Crippen molar-refractivity contribution in [2.75, 3.05) is 130 Å². The molecule has 19 rings (SSSR count). The highest BCUT2D eigenvalue weighted by Gasteiger charge is 2.29. The second-order valence-corrected chi connectivity index (χ2v) is 40.4. The molecule has 0 saturated carbocycles. The highest BCUT2D eigenvalue weighted by molar-refractivity contribution is 7.94. The van der Waals surface area contributed by atoms with Crippen LogP contribution in [-0.2, 0) is 61.9 Å². The Morgan fingerprint density at radius 2 is 0.763 bits per heavy atom. The van der Waals surface area contributed by atoms with Crippen LogP contribution in [0.2, 0.25) is 0 Å². The average molecular weight is 1820 g/mol. The number of pyridine rings is 3. The van der Waals surface area contributed by atoms with Crippen molar-refractivity contribution in [1.82, 2.24) is 93.4 Å². The zero-order valence-electron chi connectivity index (χ0n) is 72.8. The van der Waals surface area contributed by atoms with Gasteiger partial charge in [-0.25, -0.2) is 69.2 Å². The van der Waals surface area contributed by atoms with Gasteiger partial charge in [0.15, 0.2) is 0 Å². The molecule has 0 amide bonds. The number of hydrogen-bond donors (Lipinski definition) is 3. The Labute approximate surface area is 757 Å². The lowest BCUT2D eigenvalue weighted by molar-refractivity contribution is 0.0577. The first-order chi connectivity index (χ1) is 63.6. The van der Waals surface area contributed by atoms with E-state index >= 15 is 0 Å². The Morgan fingerprint density at radius 1 is 0.427 bits per heavy atom. The Bertz CT molecular complexity index is 7130. The number of methoxy groups -OCH3 is 3. The Morgan fingerprint density at radius 3 is 1.08 bits per heavy atom. The van der Waals surface area contributed by atoms with Gasteiger partial charge in [0.1, 0.15) is 86.2 Å². The van der Waals surface area contributed by atoms with Gasteiger partial charge < -0.3 is 44.4 Å². The summed E-state index contributed by atoms with van der Waals surface area (Å²) in [4.78, 5) is 35.4. The van der Waals surface area contributed by atoms with Crippen molar-refractivity contribution in [3.05, 3.63) is 236 Å². The summed E-state index contributed by atoms with van der Waals surface area (Å²) in [5.74, 6) is 7.59. The second kappa shape index (κ2) is 38.9. The smallest absolute Gasteiger partial charge is 0.128 e. The van der Waals surface area contributed by atoms with Crippen molar-refractivity contribution < 1.29 is 37.1 Å². The largest absolute Gasteiger partial charge is 0.497 e. The highest BCUT2D eigenvalue weighted by atomic mass is 32.2. The van der Waals surface area contributed by atoms with Crippen molar-refractivity contribution in [3.63, 3.8) is 0 Å². The lowest BCUT2D eigenvalue weighted by atomic mass is 10.1. The topological polar surface area (TPSA) is 432 Å². The molecule has 0 bridgehead atoms. The summed E-state index contributed by atoms with van der Waals surface area (Å²) in [6.45, 7) is 10.9. The van der Waals surface area contributed by atoms with E-state index in [1.807, 2.05) is 145 Å². The number of hydrogen-bond acceptors (Lipinski definition) is 30. The van der Waals surface area contributed by atoms with Gasteiger partial charge in [0, 0.05) is 144 Å². The SMILES string of the molecule is COc1ccc(CN=S2(=O)CCN(c3ccc(-c4nc(-c5cnn(C6CCNCC6)c5)cn5ncc(C#N)c45)cn3)CC2)cc1.COc1ccc(CN=S2(=O)CCN(c3ccc(-c4nc(-c5cnn(CC(C)(C)O)c5)cn5ncc(C#N)c45)cn3)CC2)cc1.COc1ccc(CN=S2(=O)CCN(c3ccc(-c4nc(-c5cnn(CCO)c5)cn5ncc(C#N)c45)cn3)CC2)cc1. The minimum absolute atomic E-state index is 0.0197. The summed E-state index contributed by atoms with van der Waals surface area (Å²) in [5, 5.41) is 78.6. The van der Waals surface area contributed by atoms with Crippen molar-refractivity contribution in [1.29, 1.82) is 15.8 Å². The number of nitriles is 3. The molecule has 4 saturated heterocycles. The Kier molecular flexibility index (Phi) is 26.3. The number of piperidine rings is 1. The molecule has 4 fully saturated rings. The number of ether oxygens (including phenoxy) is 3. The summed E-state index contributed by atoms with van der Waals surface area (Å²) in [7, 11) is -2.01. The number of rotatable bonds is 23. The van der Waals surface area contributed by atoms with Crippen LogP contribution in [0.4, 0.5) is 17.5 Å². The molecule has 3 N–H and O–H groups in total. The molecule has 3 aromatic carbocycles. The van der Waals surface area contributed by atoms with Crippen LogP contribution in [-0.4, -0.2) is 231 Å². The van der Waals surface area contributed by atoms with Crippen LogP contribution in [0.15, 0.2) is 215 Å². The van der Waals surface area contributed by atoms with Crippen LogP contribution >= 0.6 is 0 Å². The number of aromatic nitrogens is 18. The first kappa shape index (κ1) is 88.6. The van der Waals surface area contributed by atoms with Crippen LogP contribution < -0.4 is 34.2 Å². The maximum absolute atomic E-state index is 13.4. The predicted molar refractivity (Wildman–Crippen MR) is 499 cm³/mol. The number of aliphatic hydroxyl groups excluding tert-OH is 1. The fourth-order valence-corrected chi connectivity index (χ4v) is 21.5. The fourth-order valence-electron chi connectivity index (χ4n) is 15.9. The molecule has 12 aromatic heterocycles. The highest BCUT2D eigenvalue weighted by Crippen LogP contribution is 2.36. The van der Waals surface area contributed by atoms with Crippen LogP contribution in [0.1, 0.15) is 66.1 Å². The summed E-state index contributed by atoms with van der Waals surface area (Å²) in [6, 6.07) is 41.6. The van der Waals surface area contributed by atoms with E-state index in [-0.39, 0.29) is 6.61 Å². The minimum atomic E-state index is -2.31. The van der Waals surface area contributed by atoms with Gasteiger partial charge in [-0.1, -0.05) is 36.4 Å². The quantitative estimate of drug-likeness (QED) is 0.0535. The number of fused-ring (bicyclic) bond motifs is 3. The molecule has 36 nitrogen and oxygen atoms in total. The molecule has 0 spiro atoms. The summed E-state index contributed by atoms with van der Waals surface area (Å²) >= 11 is 0. The maximum Gasteiger partial charge on any atom is 0.128 e. The molecular weight excluding hydrogens is 1720 g/mol. The van der Waals surface area contributed by atoms with Crippen LogP contribution in [0.3, 0.4) is 0 Å².